The number of hydrogen-bond acceptors (Lipinski definition) is 4. The fraction of sp³-hybridized carbons (Fsp3) is 0.294. The molecule has 0 aliphatic carbocycles. The molecule has 1 heterocycles. The zero-order chi connectivity index (χ0) is 17.5. The molecule has 1 saturated heterocycles. The van der Waals surface area contributed by atoms with Crippen molar-refractivity contribution in [2.24, 2.45) is 0 Å². The molecule has 2 aromatic carbocycles. The van der Waals surface area contributed by atoms with Gasteiger partial charge in [0.05, 0.1) is 10.9 Å². The first kappa shape index (κ1) is 17.3. The van der Waals surface area contributed by atoms with E-state index in [0.717, 1.165) is 14.8 Å². The normalized spacial score (nSPS) is 24.1. The molecule has 1 aliphatic rings. The van der Waals surface area contributed by atoms with Crippen molar-refractivity contribution in [2.75, 3.05) is 0 Å². The van der Waals surface area contributed by atoms with E-state index in [4.69, 9.17) is 4.18 Å². The van der Waals surface area contributed by atoms with Crippen LogP contribution >= 0.6 is 0 Å². The maximum Gasteiger partial charge on any atom is 0.256 e. The summed E-state index contributed by atoms with van der Waals surface area (Å²) in [7, 11) is -3.96. The van der Waals surface area contributed by atoms with Crippen LogP contribution in [0.4, 0.5) is 0 Å². The van der Waals surface area contributed by atoms with Gasteiger partial charge in [0.15, 0.2) is 0 Å². The van der Waals surface area contributed by atoms with Crippen LogP contribution in [0.2, 0.25) is 0 Å². The highest BCUT2D eigenvalue weighted by atomic mass is 32.3. The van der Waals surface area contributed by atoms with Crippen molar-refractivity contribution in [3.05, 3.63) is 65.7 Å². The van der Waals surface area contributed by atoms with Gasteiger partial charge < -0.3 is 0 Å². The highest BCUT2D eigenvalue weighted by Crippen LogP contribution is 2.45. The lowest BCUT2D eigenvalue weighted by Crippen LogP contribution is -2.37. The third kappa shape index (κ3) is 2.93. The van der Waals surface area contributed by atoms with E-state index >= 15 is 0 Å². The first-order valence-corrected chi connectivity index (χ1v) is 9.98. The summed E-state index contributed by atoms with van der Waals surface area (Å²) in [5, 5.41) is 0. The molecule has 0 radical (unpaired) electrons. The van der Waals surface area contributed by atoms with Crippen LogP contribution in [-0.4, -0.2) is 21.9 Å². The van der Waals surface area contributed by atoms with Crippen LogP contribution in [0.3, 0.4) is 0 Å². The van der Waals surface area contributed by atoms with Crippen molar-refractivity contribution < 1.29 is 16.8 Å². The van der Waals surface area contributed by atoms with Gasteiger partial charge in [-0.25, -0.2) is 12.6 Å². The summed E-state index contributed by atoms with van der Waals surface area (Å²) < 4.78 is 45.1. The van der Waals surface area contributed by atoms with Crippen LogP contribution in [0, 0.1) is 6.92 Å². The molecule has 0 aromatic heterocycles. The largest absolute Gasteiger partial charge is 0.269 e. The van der Waals surface area contributed by atoms with Crippen LogP contribution in [0.25, 0.3) is 0 Å². The van der Waals surface area contributed by atoms with Crippen molar-refractivity contribution in [2.45, 2.75) is 37.3 Å². The molecule has 0 bridgehead atoms. The fourth-order valence-corrected chi connectivity index (χ4v) is 6.21. The Morgan fingerprint density at radius 1 is 1.04 bits per heavy atom. The molecule has 3 rings (SSSR count). The van der Waals surface area contributed by atoms with Crippen molar-refractivity contribution in [3.63, 3.8) is 0 Å². The molecule has 2 atom stereocenters. The quantitative estimate of drug-likeness (QED) is 0.838. The van der Waals surface area contributed by atoms with E-state index in [9.17, 15) is 12.6 Å². The number of aryl methyl sites for hydroxylation is 1. The molecule has 0 unspecified atom stereocenters. The van der Waals surface area contributed by atoms with Gasteiger partial charge in [0.2, 0.25) is 0 Å². The average molecular weight is 365 g/mol. The van der Waals surface area contributed by atoms with Gasteiger partial charge in [0, 0.05) is 0 Å². The van der Waals surface area contributed by atoms with Crippen molar-refractivity contribution >= 4 is 21.3 Å². The lowest BCUT2D eigenvalue weighted by Gasteiger charge is -2.27. The van der Waals surface area contributed by atoms with Gasteiger partial charge in [-0.05, 0) is 38.5 Å². The van der Waals surface area contributed by atoms with E-state index in [2.05, 4.69) is 0 Å². The molecule has 7 heteroatoms. The first-order chi connectivity index (χ1) is 11.2. The summed E-state index contributed by atoms with van der Waals surface area (Å²) in [4.78, 5) is 0.101. The Kier molecular flexibility index (Phi) is 4.37. The first-order valence-electron chi connectivity index (χ1n) is 7.51. The molecule has 0 saturated carbocycles. The second kappa shape index (κ2) is 6.07. The Morgan fingerprint density at radius 3 is 2.21 bits per heavy atom. The van der Waals surface area contributed by atoms with Gasteiger partial charge in [-0.3, -0.25) is 4.18 Å². The Morgan fingerprint density at radius 2 is 1.62 bits per heavy atom. The standard InChI is InChI=1S/C17H19NO4S2/c1-13-9-11-15(12-10-13)24(20,21)18-16(14-7-5-4-6-8-14)17(2,3)22-23(18)19/h4-12,16H,1-3H3/t16-,23+/m1/s1. The monoisotopic (exact) mass is 365 g/mol. The minimum absolute atomic E-state index is 0.101. The molecule has 128 valence electrons. The summed E-state index contributed by atoms with van der Waals surface area (Å²) >= 11 is -2.09. The van der Waals surface area contributed by atoms with E-state index in [1.165, 1.54) is 12.1 Å². The van der Waals surface area contributed by atoms with Crippen molar-refractivity contribution in [3.8, 4) is 0 Å². The summed E-state index contributed by atoms with van der Waals surface area (Å²) in [6.07, 6.45) is 0. The minimum atomic E-state index is -3.96. The van der Waals surface area contributed by atoms with Gasteiger partial charge in [-0.2, -0.15) is 0 Å². The molecule has 0 amide bonds. The highest BCUT2D eigenvalue weighted by molar-refractivity contribution is 7.99. The summed E-state index contributed by atoms with van der Waals surface area (Å²) in [6, 6.07) is 14.9. The van der Waals surface area contributed by atoms with Crippen molar-refractivity contribution in [1.82, 2.24) is 3.71 Å². The fourth-order valence-electron chi connectivity index (χ4n) is 2.80. The molecule has 0 N–H and O–H groups in total. The summed E-state index contributed by atoms with van der Waals surface area (Å²) in [5.74, 6) is 0. The van der Waals surface area contributed by atoms with Gasteiger partial charge in [0.1, 0.15) is 5.60 Å². The average Bonchev–Trinajstić information content (AvgIpc) is 2.78. The molecular weight excluding hydrogens is 346 g/mol. The maximum absolute atomic E-state index is 13.1. The van der Waals surface area contributed by atoms with E-state index in [1.807, 2.05) is 37.3 Å². The van der Waals surface area contributed by atoms with E-state index in [1.54, 1.807) is 26.0 Å². The Bertz CT molecular complexity index is 861. The minimum Gasteiger partial charge on any atom is -0.269 e. The van der Waals surface area contributed by atoms with Crippen LogP contribution in [-0.2, 0) is 25.5 Å². The zero-order valence-electron chi connectivity index (χ0n) is 13.7. The lowest BCUT2D eigenvalue weighted by molar-refractivity contribution is 0.114. The Hall–Kier alpha value is -1.54. The predicted molar refractivity (Wildman–Crippen MR) is 92.7 cm³/mol. The van der Waals surface area contributed by atoms with Gasteiger partial charge in [-0.15, -0.1) is 0 Å². The highest BCUT2D eigenvalue weighted by Gasteiger charge is 2.53. The molecular formula is C17H19NO4S2. The third-order valence-corrected chi connectivity index (χ3v) is 7.56. The summed E-state index contributed by atoms with van der Waals surface area (Å²) in [6.45, 7) is 5.36. The molecule has 0 spiro atoms. The third-order valence-electron chi connectivity index (χ3n) is 3.97. The van der Waals surface area contributed by atoms with Crippen LogP contribution in [0.15, 0.2) is 59.5 Å². The maximum atomic E-state index is 13.1. The Labute approximate surface area is 145 Å². The molecule has 1 fully saturated rings. The molecule has 24 heavy (non-hydrogen) atoms. The Balaban J connectivity index is 2.13. The second-order valence-electron chi connectivity index (χ2n) is 6.29. The van der Waals surface area contributed by atoms with Gasteiger partial charge in [0.25, 0.3) is 21.3 Å². The van der Waals surface area contributed by atoms with Gasteiger partial charge in [-0.1, -0.05) is 51.7 Å². The van der Waals surface area contributed by atoms with E-state index in [0.29, 0.717) is 0 Å². The van der Waals surface area contributed by atoms with Crippen LogP contribution in [0.1, 0.15) is 31.0 Å². The number of nitrogens with zero attached hydrogens (tertiary/aromatic N) is 1. The van der Waals surface area contributed by atoms with Gasteiger partial charge >= 0.3 is 0 Å². The lowest BCUT2D eigenvalue weighted by atomic mass is 9.93. The zero-order valence-corrected chi connectivity index (χ0v) is 15.3. The number of rotatable bonds is 3. The van der Waals surface area contributed by atoms with E-state index in [-0.39, 0.29) is 4.90 Å². The number of sulfonamides is 1. The topological polar surface area (TPSA) is 63.7 Å². The molecule has 5 nitrogen and oxygen atoms in total. The molecule has 1 aliphatic heterocycles. The molecule has 2 aromatic rings. The van der Waals surface area contributed by atoms with E-state index < -0.39 is 32.9 Å². The van der Waals surface area contributed by atoms with Crippen LogP contribution in [0.5, 0.6) is 0 Å². The van der Waals surface area contributed by atoms with Crippen LogP contribution < -0.4 is 0 Å². The number of benzene rings is 2. The SMILES string of the molecule is Cc1ccc(S(=O)(=O)N2[C@H](c3ccccc3)C(C)(C)O[S@@]2=O)cc1. The smallest absolute Gasteiger partial charge is 0.256 e. The second-order valence-corrected chi connectivity index (χ2v) is 9.33. The number of hydrogen-bond donors (Lipinski definition) is 0. The van der Waals surface area contributed by atoms with Crippen molar-refractivity contribution in [1.29, 1.82) is 0 Å². The predicted octanol–water partition coefficient (Wildman–Crippen LogP) is 3.11. The summed E-state index contributed by atoms with van der Waals surface area (Å²) in [5.41, 5.74) is 0.779.